The molecule has 1 heterocycles. The Bertz CT molecular complexity index is 613. The van der Waals surface area contributed by atoms with Crippen LogP contribution in [0.25, 0.3) is 0 Å². The van der Waals surface area contributed by atoms with Crippen LogP contribution in [0.15, 0.2) is 24.3 Å². The zero-order valence-electron chi connectivity index (χ0n) is 10.3. The first-order valence-electron chi connectivity index (χ1n) is 5.63. The highest BCUT2D eigenvalue weighted by Crippen LogP contribution is 2.22. The number of primary amides is 1. The van der Waals surface area contributed by atoms with E-state index in [0.717, 1.165) is 9.80 Å². The predicted molar refractivity (Wildman–Crippen MR) is 67.1 cm³/mol. The van der Waals surface area contributed by atoms with Gasteiger partial charge >= 0.3 is 12.0 Å². The number of nitrogens with two attached hydrogens (primary N) is 1. The van der Waals surface area contributed by atoms with Gasteiger partial charge in [0.15, 0.2) is 0 Å². The fraction of sp³-hybridized carbons (Fsp3) is 0.167. The highest BCUT2D eigenvalue weighted by atomic mass is 16.4. The lowest BCUT2D eigenvalue weighted by Gasteiger charge is -2.16. The average Bonchev–Trinajstić information content (AvgIpc) is 2.66. The van der Waals surface area contributed by atoms with Crippen LogP contribution >= 0.6 is 0 Å². The molecule has 104 valence electrons. The molecule has 0 atom stereocenters. The number of imide groups is 1. The predicted octanol–water partition coefficient (Wildman–Crippen LogP) is -0.361. The minimum atomic E-state index is -1.14. The van der Waals surface area contributed by atoms with Gasteiger partial charge in [-0.2, -0.15) is 0 Å². The molecule has 0 radical (unpaired) electrons. The van der Waals surface area contributed by atoms with E-state index in [1.807, 2.05) is 0 Å². The van der Waals surface area contributed by atoms with Crippen LogP contribution in [0.5, 0.6) is 0 Å². The van der Waals surface area contributed by atoms with Crippen molar-refractivity contribution in [3.8, 4) is 0 Å². The molecule has 1 aromatic carbocycles. The normalized spacial score (nSPS) is 14.8. The molecule has 1 fully saturated rings. The molecule has 0 spiro atoms. The van der Waals surface area contributed by atoms with Gasteiger partial charge in [0.2, 0.25) is 5.91 Å². The van der Waals surface area contributed by atoms with Crippen LogP contribution in [0.1, 0.15) is 10.4 Å². The third kappa shape index (κ3) is 2.44. The molecule has 8 nitrogen and oxygen atoms in total. The molecule has 3 N–H and O–H groups in total. The molecule has 2 rings (SSSR count). The first-order chi connectivity index (χ1) is 9.40. The van der Waals surface area contributed by atoms with Crippen molar-refractivity contribution >= 4 is 29.5 Å². The monoisotopic (exact) mass is 277 g/mol. The van der Waals surface area contributed by atoms with Gasteiger partial charge in [0.05, 0.1) is 5.56 Å². The van der Waals surface area contributed by atoms with Gasteiger partial charge < -0.3 is 10.8 Å². The Morgan fingerprint density at radius 2 is 2.00 bits per heavy atom. The van der Waals surface area contributed by atoms with E-state index in [4.69, 9.17) is 10.8 Å². The van der Waals surface area contributed by atoms with Crippen molar-refractivity contribution < 1.29 is 24.3 Å². The molecule has 0 unspecified atom stereocenters. The molecule has 4 amide bonds. The van der Waals surface area contributed by atoms with Crippen LogP contribution in [0, 0.1) is 0 Å². The molecule has 0 aromatic heterocycles. The molecule has 1 aliphatic rings. The fourth-order valence-electron chi connectivity index (χ4n) is 1.86. The number of carboxylic acid groups (broad SMARTS) is 1. The van der Waals surface area contributed by atoms with Crippen LogP contribution in [-0.2, 0) is 9.59 Å². The molecule has 1 aromatic rings. The van der Waals surface area contributed by atoms with E-state index < -0.39 is 30.4 Å². The number of hydrogen-bond donors (Lipinski definition) is 2. The summed E-state index contributed by atoms with van der Waals surface area (Å²) in [6.07, 6.45) is 0. The van der Waals surface area contributed by atoms with E-state index in [2.05, 4.69) is 0 Å². The number of carbonyl (C=O) groups excluding carboxylic acids is 3. The van der Waals surface area contributed by atoms with Crippen LogP contribution in [0.3, 0.4) is 0 Å². The van der Waals surface area contributed by atoms with E-state index in [9.17, 15) is 19.2 Å². The summed E-state index contributed by atoms with van der Waals surface area (Å²) in [5.74, 6) is -2.50. The number of rotatable bonds is 4. The van der Waals surface area contributed by atoms with Crippen molar-refractivity contribution in [2.75, 3.05) is 18.0 Å². The summed E-state index contributed by atoms with van der Waals surface area (Å²) in [6, 6.07) is 4.92. The van der Waals surface area contributed by atoms with E-state index in [0.29, 0.717) is 0 Å². The summed E-state index contributed by atoms with van der Waals surface area (Å²) >= 11 is 0. The van der Waals surface area contributed by atoms with Crippen LogP contribution in [0.2, 0.25) is 0 Å². The number of anilines is 1. The average molecular weight is 277 g/mol. The number of carboxylic acids is 1. The second kappa shape index (κ2) is 5.00. The summed E-state index contributed by atoms with van der Waals surface area (Å²) in [7, 11) is 0. The van der Waals surface area contributed by atoms with Crippen molar-refractivity contribution in [2.45, 2.75) is 0 Å². The number of carbonyl (C=O) groups is 4. The molecule has 0 saturated carbocycles. The van der Waals surface area contributed by atoms with Gasteiger partial charge in [-0.3, -0.25) is 19.4 Å². The van der Waals surface area contributed by atoms with Crippen LogP contribution < -0.4 is 10.6 Å². The Morgan fingerprint density at radius 3 is 2.60 bits per heavy atom. The molecule has 8 heteroatoms. The largest absolute Gasteiger partial charge is 0.478 e. The Morgan fingerprint density at radius 1 is 1.30 bits per heavy atom. The van der Waals surface area contributed by atoms with Crippen molar-refractivity contribution in [3.05, 3.63) is 29.8 Å². The number of nitrogens with zero attached hydrogens (tertiary/aromatic N) is 2. The van der Waals surface area contributed by atoms with Gasteiger partial charge in [-0.1, -0.05) is 6.07 Å². The SMILES string of the molecule is NC(=O)CN1C(=O)CN(c2cccc(C(=O)O)c2)C1=O. The summed E-state index contributed by atoms with van der Waals surface area (Å²) in [5, 5.41) is 8.90. The maximum Gasteiger partial charge on any atom is 0.335 e. The van der Waals surface area contributed by atoms with E-state index >= 15 is 0 Å². The number of hydrogen-bond acceptors (Lipinski definition) is 4. The number of aromatic carboxylic acids is 1. The molecule has 1 aliphatic heterocycles. The maximum atomic E-state index is 12.0. The second-order valence-corrected chi connectivity index (χ2v) is 4.17. The van der Waals surface area contributed by atoms with Crippen molar-refractivity contribution in [3.63, 3.8) is 0 Å². The fourth-order valence-corrected chi connectivity index (χ4v) is 1.86. The zero-order chi connectivity index (χ0) is 14.9. The number of benzene rings is 1. The molecule has 1 saturated heterocycles. The minimum Gasteiger partial charge on any atom is -0.478 e. The topological polar surface area (TPSA) is 121 Å². The minimum absolute atomic E-state index is 0.00361. The molecular formula is C12H11N3O5. The van der Waals surface area contributed by atoms with Crippen molar-refractivity contribution in [1.29, 1.82) is 0 Å². The third-order valence-corrected chi connectivity index (χ3v) is 2.77. The van der Waals surface area contributed by atoms with Gasteiger partial charge in [-0.25, -0.2) is 9.59 Å². The summed E-state index contributed by atoms with van der Waals surface area (Å²) < 4.78 is 0. The van der Waals surface area contributed by atoms with Crippen molar-refractivity contribution in [2.24, 2.45) is 5.73 Å². The van der Waals surface area contributed by atoms with E-state index in [-0.39, 0.29) is 17.8 Å². The van der Waals surface area contributed by atoms with Gasteiger partial charge in [0.1, 0.15) is 13.1 Å². The molecule has 20 heavy (non-hydrogen) atoms. The van der Waals surface area contributed by atoms with Gasteiger partial charge in [-0.05, 0) is 18.2 Å². The second-order valence-electron chi connectivity index (χ2n) is 4.17. The van der Waals surface area contributed by atoms with Crippen LogP contribution in [-0.4, -0.2) is 46.9 Å². The van der Waals surface area contributed by atoms with Crippen molar-refractivity contribution in [1.82, 2.24) is 4.90 Å². The lowest BCUT2D eigenvalue weighted by atomic mass is 10.2. The third-order valence-electron chi connectivity index (χ3n) is 2.77. The van der Waals surface area contributed by atoms with Gasteiger partial charge in [-0.15, -0.1) is 0 Å². The molecule has 0 aliphatic carbocycles. The van der Waals surface area contributed by atoms with E-state index in [1.54, 1.807) is 0 Å². The first-order valence-corrected chi connectivity index (χ1v) is 5.63. The number of amides is 4. The van der Waals surface area contributed by atoms with Gasteiger partial charge in [0.25, 0.3) is 5.91 Å². The molecular weight excluding hydrogens is 266 g/mol. The maximum absolute atomic E-state index is 12.0. The Balaban J connectivity index is 2.28. The van der Waals surface area contributed by atoms with Gasteiger partial charge in [0, 0.05) is 5.69 Å². The summed E-state index contributed by atoms with van der Waals surface area (Å²) in [5.41, 5.74) is 5.23. The molecule has 0 bridgehead atoms. The zero-order valence-corrected chi connectivity index (χ0v) is 10.3. The lowest BCUT2D eigenvalue weighted by Crippen LogP contribution is -2.39. The Kier molecular flexibility index (Phi) is 3.38. The van der Waals surface area contributed by atoms with E-state index in [1.165, 1.54) is 24.3 Å². The Labute approximate surface area is 113 Å². The standard InChI is InChI=1S/C12H11N3O5/c13-9(16)5-15-10(17)6-14(12(15)20)8-3-1-2-7(4-8)11(18)19/h1-4H,5-6H2,(H2,13,16)(H,18,19). The highest BCUT2D eigenvalue weighted by Gasteiger charge is 2.37. The number of urea groups is 1. The van der Waals surface area contributed by atoms with Crippen LogP contribution in [0.4, 0.5) is 10.5 Å². The lowest BCUT2D eigenvalue weighted by molar-refractivity contribution is -0.129. The smallest absolute Gasteiger partial charge is 0.335 e. The quantitative estimate of drug-likeness (QED) is 0.728. The first kappa shape index (κ1) is 13.5. The highest BCUT2D eigenvalue weighted by molar-refractivity contribution is 6.13. The summed E-state index contributed by atoms with van der Waals surface area (Å²) in [6.45, 7) is -0.748. The summed E-state index contributed by atoms with van der Waals surface area (Å²) in [4.78, 5) is 47.2. The Hall–Kier alpha value is -2.90.